The highest BCUT2D eigenvalue weighted by Crippen LogP contribution is 2.24. The molecule has 0 aliphatic carbocycles. The Morgan fingerprint density at radius 2 is 2.10 bits per heavy atom. The number of halogens is 1. The second-order valence-corrected chi connectivity index (χ2v) is 6.92. The fourth-order valence-corrected chi connectivity index (χ4v) is 3.38. The third-order valence-electron chi connectivity index (χ3n) is 2.94. The van der Waals surface area contributed by atoms with Gasteiger partial charge in [0.05, 0.1) is 5.69 Å². The van der Waals surface area contributed by atoms with Crippen molar-refractivity contribution in [2.75, 3.05) is 4.72 Å². The number of nitrogens with two attached hydrogens (primary N) is 1. The van der Waals surface area contributed by atoms with Crippen LogP contribution in [0, 0.1) is 0 Å². The third-order valence-corrected chi connectivity index (χ3v) is 4.78. The van der Waals surface area contributed by atoms with Gasteiger partial charge in [-0.25, -0.2) is 8.42 Å². The van der Waals surface area contributed by atoms with E-state index in [2.05, 4.69) is 25.6 Å². The smallest absolute Gasteiger partial charge is 0.263 e. The maximum Gasteiger partial charge on any atom is 0.263 e. The van der Waals surface area contributed by atoms with Gasteiger partial charge in [-0.2, -0.15) is 0 Å². The van der Waals surface area contributed by atoms with Crippen LogP contribution < -0.4 is 10.5 Å². The molecule has 7 heteroatoms. The minimum absolute atomic E-state index is 0.183. The molecule has 5 nitrogen and oxygen atoms in total. The van der Waals surface area contributed by atoms with Gasteiger partial charge >= 0.3 is 0 Å². The molecule has 0 unspecified atom stereocenters. The topological polar surface area (TPSA) is 88.0 Å². The highest BCUT2D eigenvalue weighted by atomic mass is 79.9. The molecule has 0 fully saturated rings. The Kier molecular flexibility index (Phi) is 4.52. The average molecular weight is 358 g/mol. The number of benzene rings is 1. The van der Waals surface area contributed by atoms with Crippen LogP contribution in [0.1, 0.15) is 18.2 Å². The van der Waals surface area contributed by atoms with E-state index in [4.69, 9.17) is 5.73 Å². The first-order valence-electron chi connectivity index (χ1n) is 6.15. The molecule has 0 aliphatic heterocycles. The van der Waals surface area contributed by atoms with Crippen LogP contribution in [0.15, 0.2) is 39.8 Å². The lowest BCUT2D eigenvalue weighted by molar-refractivity contribution is 0.601. The van der Waals surface area contributed by atoms with Crippen LogP contribution in [-0.4, -0.2) is 13.4 Å². The monoisotopic (exact) mass is 357 g/mol. The summed E-state index contributed by atoms with van der Waals surface area (Å²) in [5, 5.41) is 0. The van der Waals surface area contributed by atoms with Gasteiger partial charge in [-0.05, 0) is 36.2 Å². The highest BCUT2D eigenvalue weighted by molar-refractivity contribution is 9.10. The zero-order valence-electron chi connectivity index (χ0n) is 11.0. The summed E-state index contributed by atoms with van der Waals surface area (Å²) in [6.07, 6.45) is 2.17. The second kappa shape index (κ2) is 5.99. The van der Waals surface area contributed by atoms with E-state index in [-0.39, 0.29) is 11.4 Å². The van der Waals surface area contributed by atoms with Crippen LogP contribution in [0.4, 0.5) is 5.69 Å². The van der Waals surface area contributed by atoms with E-state index in [0.29, 0.717) is 11.4 Å². The number of aromatic amines is 1. The van der Waals surface area contributed by atoms with Crippen molar-refractivity contribution in [3.8, 4) is 0 Å². The summed E-state index contributed by atoms with van der Waals surface area (Å²) in [5.74, 6) is 0. The van der Waals surface area contributed by atoms with E-state index >= 15 is 0 Å². The SMILES string of the molecule is CCc1cc(Br)ccc1NS(=O)(=O)c1c[nH]c(CN)c1. The van der Waals surface area contributed by atoms with Crippen LogP contribution in [0.2, 0.25) is 0 Å². The van der Waals surface area contributed by atoms with E-state index in [1.54, 1.807) is 12.1 Å². The molecule has 0 saturated carbocycles. The molecule has 20 heavy (non-hydrogen) atoms. The van der Waals surface area contributed by atoms with E-state index in [1.807, 2.05) is 13.0 Å². The second-order valence-electron chi connectivity index (χ2n) is 4.33. The fraction of sp³-hybridized carbons (Fsp3) is 0.231. The van der Waals surface area contributed by atoms with Crippen molar-refractivity contribution < 1.29 is 8.42 Å². The van der Waals surface area contributed by atoms with Crippen molar-refractivity contribution in [1.29, 1.82) is 0 Å². The van der Waals surface area contributed by atoms with Gasteiger partial charge in [0.1, 0.15) is 4.90 Å². The lowest BCUT2D eigenvalue weighted by Crippen LogP contribution is -2.13. The Balaban J connectivity index is 2.33. The van der Waals surface area contributed by atoms with Crippen molar-refractivity contribution in [2.45, 2.75) is 24.8 Å². The summed E-state index contributed by atoms with van der Waals surface area (Å²) in [6.45, 7) is 2.25. The molecule has 1 aromatic heterocycles. The summed E-state index contributed by atoms with van der Waals surface area (Å²) in [6, 6.07) is 6.99. The Bertz CT molecular complexity index is 710. The van der Waals surface area contributed by atoms with E-state index in [9.17, 15) is 8.42 Å². The first-order valence-corrected chi connectivity index (χ1v) is 8.42. The summed E-state index contributed by atoms with van der Waals surface area (Å²) >= 11 is 3.38. The van der Waals surface area contributed by atoms with Gasteiger partial charge in [0.15, 0.2) is 0 Å². The van der Waals surface area contributed by atoms with Gasteiger partial charge in [-0.1, -0.05) is 22.9 Å². The molecule has 0 radical (unpaired) electrons. The van der Waals surface area contributed by atoms with Gasteiger partial charge in [0.25, 0.3) is 10.0 Å². The van der Waals surface area contributed by atoms with Crippen molar-refractivity contribution in [3.05, 3.63) is 46.2 Å². The molecule has 108 valence electrons. The molecule has 0 atom stereocenters. The van der Waals surface area contributed by atoms with Gasteiger partial charge in [-0.3, -0.25) is 4.72 Å². The Morgan fingerprint density at radius 3 is 2.70 bits per heavy atom. The molecule has 1 heterocycles. The van der Waals surface area contributed by atoms with Gasteiger partial charge in [-0.15, -0.1) is 0 Å². The molecule has 0 spiro atoms. The van der Waals surface area contributed by atoms with Crippen LogP contribution in [-0.2, 0) is 23.0 Å². The normalized spacial score (nSPS) is 11.6. The molecular weight excluding hydrogens is 342 g/mol. The molecule has 0 amide bonds. The number of hydrogen-bond donors (Lipinski definition) is 3. The standard InChI is InChI=1S/C13H16BrN3O2S/c1-2-9-5-10(14)3-4-13(9)17-20(18,19)12-6-11(7-15)16-8-12/h3-6,8,16-17H,2,7,15H2,1H3. The predicted molar refractivity (Wildman–Crippen MR) is 83.0 cm³/mol. The largest absolute Gasteiger partial charge is 0.363 e. The van der Waals surface area contributed by atoms with Crippen LogP contribution in [0.5, 0.6) is 0 Å². The van der Waals surface area contributed by atoms with Gasteiger partial charge in [0, 0.05) is 22.9 Å². The Hall–Kier alpha value is -1.31. The third kappa shape index (κ3) is 3.23. The van der Waals surface area contributed by atoms with E-state index in [1.165, 1.54) is 12.3 Å². The highest BCUT2D eigenvalue weighted by Gasteiger charge is 2.17. The zero-order valence-corrected chi connectivity index (χ0v) is 13.4. The van der Waals surface area contributed by atoms with Crippen molar-refractivity contribution in [3.63, 3.8) is 0 Å². The maximum absolute atomic E-state index is 12.3. The van der Waals surface area contributed by atoms with Crippen LogP contribution >= 0.6 is 15.9 Å². The molecule has 0 bridgehead atoms. The van der Waals surface area contributed by atoms with E-state index in [0.717, 1.165) is 16.5 Å². The lowest BCUT2D eigenvalue weighted by Gasteiger charge is -2.11. The molecule has 0 saturated heterocycles. The van der Waals surface area contributed by atoms with Crippen LogP contribution in [0.25, 0.3) is 0 Å². The van der Waals surface area contributed by atoms with Gasteiger partial charge < -0.3 is 10.7 Å². The van der Waals surface area contributed by atoms with Crippen molar-refractivity contribution in [2.24, 2.45) is 5.73 Å². The first kappa shape index (κ1) is 15.1. The molecule has 4 N–H and O–H groups in total. The number of aromatic nitrogens is 1. The number of sulfonamides is 1. The first-order chi connectivity index (χ1) is 9.46. The Labute approximate surface area is 126 Å². The Morgan fingerprint density at radius 1 is 1.35 bits per heavy atom. The summed E-state index contributed by atoms with van der Waals surface area (Å²) in [7, 11) is -3.60. The lowest BCUT2D eigenvalue weighted by atomic mass is 10.1. The molecule has 0 aliphatic rings. The number of aryl methyl sites for hydroxylation is 1. The molecule has 2 rings (SSSR count). The minimum Gasteiger partial charge on any atom is -0.363 e. The average Bonchev–Trinajstić information content (AvgIpc) is 2.90. The molecule has 2 aromatic rings. The molecular formula is C13H16BrN3O2S. The number of H-pyrrole nitrogens is 1. The maximum atomic E-state index is 12.3. The summed E-state index contributed by atoms with van der Waals surface area (Å²) in [5.41, 5.74) is 7.66. The van der Waals surface area contributed by atoms with Crippen LogP contribution in [0.3, 0.4) is 0 Å². The predicted octanol–water partition coefficient (Wildman–Crippen LogP) is 2.60. The van der Waals surface area contributed by atoms with Gasteiger partial charge in [0.2, 0.25) is 0 Å². The number of nitrogens with one attached hydrogen (secondary N) is 2. The quantitative estimate of drug-likeness (QED) is 0.768. The number of anilines is 1. The number of hydrogen-bond acceptors (Lipinski definition) is 3. The fourth-order valence-electron chi connectivity index (χ4n) is 1.85. The zero-order chi connectivity index (χ0) is 14.8. The minimum atomic E-state index is -3.60. The van der Waals surface area contributed by atoms with E-state index < -0.39 is 10.0 Å². The summed E-state index contributed by atoms with van der Waals surface area (Å²) in [4.78, 5) is 3.02. The van der Waals surface area contributed by atoms with Crippen molar-refractivity contribution in [1.82, 2.24) is 4.98 Å². The number of rotatable bonds is 5. The molecule has 1 aromatic carbocycles. The van der Waals surface area contributed by atoms with Crippen molar-refractivity contribution >= 4 is 31.6 Å². The summed E-state index contributed by atoms with van der Waals surface area (Å²) < 4.78 is 28.1.